The number of benzene rings is 2. The van der Waals surface area contributed by atoms with E-state index in [0.717, 1.165) is 0 Å². The van der Waals surface area contributed by atoms with Crippen LogP contribution in [-0.2, 0) is 10.0 Å². The van der Waals surface area contributed by atoms with Crippen molar-refractivity contribution in [2.75, 3.05) is 12.4 Å². The second kappa shape index (κ2) is 7.11. The summed E-state index contributed by atoms with van der Waals surface area (Å²) in [7, 11) is -2.04. The van der Waals surface area contributed by atoms with Crippen LogP contribution in [0.5, 0.6) is 0 Å². The number of amides is 1. The molecule has 7 heteroatoms. The molecule has 0 unspecified atom stereocenters. The lowest BCUT2D eigenvalue weighted by Gasteiger charge is -2.21. The zero-order valence-corrected chi connectivity index (χ0v) is 14.5. The molecule has 1 N–H and O–H groups in total. The van der Waals surface area contributed by atoms with Gasteiger partial charge in [0, 0.05) is 24.3 Å². The summed E-state index contributed by atoms with van der Waals surface area (Å²) >= 11 is 0. The summed E-state index contributed by atoms with van der Waals surface area (Å²) in [6.07, 6.45) is 0. The Morgan fingerprint density at radius 1 is 1.04 bits per heavy atom. The average Bonchev–Trinajstić information content (AvgIpc) is 2.55. The molecule has 0 bridgehead atoms. The third-order valence-corrected chi connectivity index (χ3v) is 5.67. The van der Waals surface area contributed by atoms with Crippen LogP contribution in [0.4, 0.5) is 10.1 Å². The van der Waals surface area contributed by atoms with E-state index in [1.165, 1.54) is 59.9 Å². The van der Waals surface area contributed by atoms with E-state index in [9.17, 15) is 17.6 Å². The number of rotatable bonds is 5. The van der Waals surface area contributed by atoms with Crippen LogP contribution >= 0.6 is 0 Å². The van der Waals surface area contributed by atoms with E-state index < -0.39 is 21.7 Å². The van der Waals surface area contributed by atoms with Crippen molar-refractivity contribution in [2.45, 2.75) is 24.8 Å². The highest BCUT2D eigenvalue weighted by atomic mass is 32.2. The molecule has 0 aliphatic rings. The van der Waals surface area contributed by atoms with Crippen molar-refractivity contribution >= 4 is 21.6 Å². The maximum absolute atomic E-state index is 12.9. The molecule has 0 spiro atoms. The lowest BCUT2D eigenvalue weighted by Crippen LogP contribution is -2.33. The maximum Gasteiger partial charge on any atom is 0.255 e. The predicted octanol–water partition coefficient (Wildman–Crippen LogP) is 3.11. The van der Waals surface area contributed by atoms with Crippen LogP contribution in [0.25, 0.3) is 0 Å². The summed E-state index contributed by atoms with van der Waals surface area (Å²) in [6, 6.07) is 10.9. The van der Waals surface area contributed by atoms with Crippen LogP contribution < -0.4 is 5.32 Å². The first kappa shape index (κ1) is 18.1. The normalized spacial score (nSPS) is 11.8. The van der Waals surface area contributed by atoms with Gasteiger partial charge in [0.05, 0.1) is 4.90 Å². The molecule has 0 atom stereocenters. The zero-order valence-electron chi connectivity index (χ0n) is 13.7. The predicted molar refractivity (Wildman–Crippen MR) is 90.9 cm³/mol. The van der Waals surface area contributed by atoms with Gasteiger partial charge in [0.1, 0.15) is 5.82 Å². The summed E-state index contributed by atoms with van der Waals surface area (Å²) in [5.41, 5.74) is 0.767. The Hall–Kier alpha value is -2.25. The molecule has 0 saturated carbocycles. The largest absolute Gasteiger partial charge is 0.322 e. The molecular weight excluding hydrogens is 331 g/mol. The van der Waals surface area contributed by atoms with Crippen LogP contribution in [-0.4, -0.2) is 31.7 Å². The minimum atomic E-state index is -3.56. The summed E-state index contributed by atoms with van der Waals surface area (Å²) in [6.45, 7) is 3.57. The van der Waals surface area contributed by atoms with Crippen molar-refractivity contribution in [3.63, 3.8) is 0 Å². The lowest BCUT2D eigenvalue weighted by atomic mass is 10.2. The standard InChI is InChI=1S/C17H19FN2O3S/c1-12(2)20(3)24(22,23)16-10-8-15(9-11-16)19-17(21)13-4-6-14(18)7-5-13/h4-12H,1-3H3,(H,19,21). The molecule has 2 aromatic rings. The van der Waals surface area contributed by atoms with Crippen molar-refractivity contribution < 1.29 is 17.6 Å². The van der Waals surface area contributed by atoms with Crippen molar-refractivity contribution in [1.82, 2.24) is 4.31 Å². The minimum Gasteiger partial charge on any atom is -0.322 e. The van der Waals surface area contributed by atoms with Gasteiger partial charge in [-0.2, -0.15) is 4.31 Å². The Bertz CT molecular complexity index is 816. The van der Waals surface area contributed by atoms with Gasteiger partial charge in [-0.3, -0.25) is 4.79 Å². The highest BCUT2D eigenvalue weighted by Crippen LogP contribution is 2.19. The Labute approximate surface area is 141 Å². The molecule has 24 heavy (non-hydrogen) atoms. The van der Waals surface area contributed by atoms with E-state index in [1.807, 2.05) is 0 Å². The molecule has 128 valence electrons. The molecular formula is C17H19FN2O3S. The van der Waals surface area contributed by atoms with Gasteiger partial charge in [-0.15, -0.1) is 0 Å². The fraction of sp³-hybridized carbons (Fsp3) is 0.235. The molecule has 0 aliphatic heterocycles. The maximum atomic E-state index is 12.9. The molecule has 0 radical (unpaired) electrons. The molecule has 2 rings (SSSR count). The van der Waals surface area contributed by atoms with Gasteiger partial charge in [0.15, 0.2) is 0 Å². The third kappa shape index (κ3) is 3.98. The van der Waals surface area contributed by atoms with E-state index in [4.69, 9.17) is 0 Å². The molecule has 2 aromatic carbocycles. The summed E-state index contributed by atoms with van der Waals surface area (Å²) in [5, 5.41) is 2.64. The van der Waals surface area contributed by atoms with Crippen LogP contribution in [0, 0.1) is 5.82 Å². The van der Waals surface area contributed by atoms with Gasteiger partial charge in [-0.25, -0.2) is 12.8 Å². The summed E-state index contributed by atoms with van der Waals surface area (Å²) < 4.78 is 38.9. The van der Waals surface area contributed by atoms with Gasteiger partial charge < -0.3 is 5.32 Å². The van der Waals surface area contributed by atoms with Gasteiger partial charge >= 0.3 is 0 Å². The van der Waals surface area contributed by atoms with Crippen LogP contribution in [0.3, 0.4) is 0 Å². The minimum absolute atomic E-state index is 0.151. The number of sulfonamides is 1. The molecule has 0 heterocycles. The highest BCUT2D eigenvalue weighted by Gasteiger charge is 2.22. The fourth-order valence-corrected chi connectivity index (χ4v) is 3.33. The highest BCUT2D eigenvalue weighted by molar-refractivity contribution is 7.89. The van der Waals surface area contributed by atoms with E-state index in [2.05, 4.69) is 5.32 Å². The summed E-state index contributed by atoms with van der Waals surface area (Å²) in [5.74, 6) is -0.819. The van der Waals surface area contributed by atoms with Gasteiger partial charge in [0.2, 0.25) is 10.0 Å². The quantitative estimate of drug-likeness (QED) is 0.901. The molecule has 0 aromatic heterocycles. The Morgan fingerprint density at radius 2 is 1.58 bits per heavy atom. The first-order valence-electron chi connectivity index (χ1n) is 7.37. The fourth-order valence-electron chi connectivity index (χ4n) is 1.96. The number of nitrogens with zero attached hydrogens (tertiary/aromatic N) is 1. The lowest BCUT2D eigenvalue weighted by molar-refractivity contribution is 0.102. The smallest absolute Gasteiger partial charge is 0.255 e. The number of carbonyl (C=O) groups excluding carboxylic acids is 1. The van der Waals surface area contributed by atoms with Crippen LogP contribution in [0.1, 0.15) is 24.2 Å². The zero-order chi connectivity index (χ0) is 17.9. The molecule has 0 saturated heterocycles. The van der Waals surface area contributed by atoms with Crippen molar-refractivity contribution in [3.05, 3.63) is 59.9 Å². The van der Waals surface area contributed by atoms with Crippen molar-refractivity contribution in [1.29, 1.82) is 0 Å². The Balaban J connectivity index is 2.15. The summed E-state index contributed by atoms with van der Waals surface area (Å²) in [4.78, 5) is 12.2. The Kier molecular flexibility index (Phi) is 5.36. The molecule has 5 nitrogen and oxygen atoms in total. The van der Waals surface area contributed by atoms with Crippen molar-refractivity contribution in [3.8, 4) is 0 Å². The van der Waals surface area contributed by atoms with E-state index in [0.29, 0.717) is 11.3 Å². The number of hydrogen-bond donors (Lipinski definition) is 1. The van der Waals surface area contributed by atoms with E-state index in [-0.39, 0.29) is 10.9 Å². The molecule has 0 aliphatic carbocycles. The number of hydrogen-bond acceptors (Lipinski definition) is 3. The first-order valence-corrected chi connectivity index (χ1v) is 8.81. The monoisotopic (exact) mass is 350 g/mol. The molecule has 0 fully saturated rings. The number of halogens is 1. The van der Waals surface area contributed by atoms with Crippen LogP contribution in [0.2, 0.25) is 0 Å². The van der Waals surface area contributed by atoms with Gasteiger partial charge in [-0.05, 0) is 62.4 Å². The van der Waals surface area contributed by atoms with E-state index >= 15 is 0 Å². The molecule has 1 amide bonds. The average molecular weight is 350 g/mol. The second-order valence-electron chi connectivity index (χ2n) is 5.60. The van der Waals surface area contributed by atoms with Gasteiger partial charge in [0.25, 0.3) is 5.91 Å². The topological polar surface area (TPSA) is 66.5 Å². The first-order chi connectivity index (χ1) is 11.2. The number of carbonyl (C=O) groups is 1. The number of nitrogens with one attached hydrogen (secondary N) is 1. The SMILES string of the molecule is CC(C)N(C)S(=O)(=O)c1ccc(NC(=O)c2ccc(F)cc2)cc1. The second-order valence-corrected chi connectivity index (χ2v) is 7.60. The number of anilines is 1. The Morgan fingerprint density at radius 3 is 2.08 bits per heavy atom. The van der Waals surface area contributed by atoms with E-state index in [1.54, 1.807) is 13.8 Å². The van der Waals surface area contributed by atoms with Crippen molar-refractivity contribution in [2.24, 2.45) is 0 Å². The van der Waals surface area contributed by atoms with Crippen LogP contribution in [0.15, 0.2) is 53.4 Å². The third-order valence-electron chi connectivity index (χ3n) is 3.62. The van der Waals surface area contributed by atoms with Gasteiger partial charge in [-0.1, -0.05) is 0 Å².